The van der Waals surface area contributed by atoms with Gasteiger partial charge in [0.15, 0.2) is 0 Å². The van der Waals surface area contributed by atoms with E-state index in [9.17, 15) is 0 Å². The quantitative estimate of drug-likeness (QED) is 0.552. The van der Waals surface area contributed by atoms with E-state index in [2.05, 4.69) is 30.8 Å². The Balaban J connectivity index is 2.43. The average Bonchev–Trinajstić information content (AvgIpc) is 2.12. The zero-order valence-corrected chi connectivity index (χ0v) is 9.66. The van der Waals surface area contributed by atoms with Crippen molar-refractivity contribution in [3.8, 4) is 0 Å². The van der Waals surface area contributed by atoms with E-state index < -0.39 is 0 Å². The van der Waals surface area contributed by atoms with Crippen LogP contribution in [0.3, 0.4) is 0 Å². The van der Waals surface area contributed by atoms with Gasteiger partial charge in [0.05, 0.1) is 11.9 Å². The van der Waals surface area contributed by atoms with Gasteiger partial charge in [0, 0.05) is 19.0 Å². The van der Waals surface area contributed by atoms with E-state index >= 15 is 0 Å². The Hall–Kier alpha value is -0.570. The minimum Gasteiger partial charge on any atom is -0.387 e. The summed E-state index contributed by atoms with van der Waals surface area (Å²) in [5, 5.41) is 0. The molecule has 1 aliphatic heterocycles. The van der Waals surface area contributed by atoms with Gasteiger partial charge in [-0.1, -0.05) is 6.92 Å². The van der Waals surface area contributed by atoms with Crippen molar-refractivity contribution in [2.75, 3.05) is 13.6 Å². The Morgan fingerprint density at radius 2 is 2.29 bits per heavy atom. The molecule has 1 fully saturated rings. The lowest BCUT2D eigenvalue weighted by molar-refractivity contribution is 0.184. The van der Waals surface area contributed by atoms with Crippen molar-refractivity contribution in [3.05, 3.63) is 0 Å². The van der Waals surface area contributed by atoms with Crippen LogP contribution in [0.2, 0.25) is 0 Å². The van der Waals surface area contributed by atoms with Gasteiger partial charge in [-0.05, 0) is 33.2 Å². The molecule has 0 aliphatic carbocycles. The van der Waals surface area contributed by atoms with Crippen molar-refractivity contribution in [2.24, 2.45) is 10.7 Å². The van der Waals surface area contributed by atoms with E-state index in [0.29, 0.717) is 12.1 Å². The normalized spacial score (nSPS) is 30.6. The van der Waals surface area contributed by atoms with Crippen LogP contribution in [0.1, 0.15) is 39.5 Å². The lowest BCUT2D eigenvalue weighted by atomic mass is 9.99. The molecular weight excluding hydrogens is 174 g/mol. The molecule has 3 nitrogen and oxygen atoms in total. The first kappa shape index (κ1) is 11.5. The molecule has 1 heterocycles. The fourth-order valence-electron chi connectivity index (χ4n) is 1.94. The van der Waals surface area contributed by atoms with E-state index in [1.54, 1.807) is 0 Å². The second kappa shape index (κ2) is 5.35. The Bertz CT molecular complexity index is 201. The number of hydrogen-bond donors (Lipinski definition) is 1. The lowest BCUT2D eigenvalue weighted by Crippen LogP contribution is -2.39. The first-order valence-corrected chi connectivity index (χ1v) is 5.65. The maximum Gasteiger partial charge on any atom is 0.0940 e. The predicted molar refractivity (Wildman–Crippen MR) is 61.6 cm³/mol. The highest BCUT2D eigenvalue weighted by molar-refractivity contribution is 5.80. The first-order chi connectivity index (χ1) is 6.63. The third kappa shape index (κ3) is 3.29. The molecule has 2 atom stereocenters. The van der Waals surface area contributed by atoms with Crippen LogP contribution in [0.15, 0.2) is 4.99 Å². The van der Waals surface area contributed by atoms with Gasteiger partial charge >= 0.3 is 0 Å². The molecule has 0 aromatic carbocycles. The summed E-state index contributed by atoms with van der Waals surface area (Å²) in [6.45, 7) is 5.55. The van der Waals surface area contributed by atoms with Crippen molar-refractivity contribution < 1.29 is 0 Å². The molecule has 1 saturated heterocycles. The maximum atomic E-state index is 5.83. The third-order valence-electron chi connectivity index (χ3n) is 3.04. The zero-order valence-electron chi connectivity index (χ0n) is 9.66. The molecule has 0 aromatic heterocycles. The van der Waals surface area contributed by atoms with Crippen LogP contribution >= 0.6 is 0 Å². The van der Waals surface area contributed by atoms with E-state index in [1.807, 2.05) is 0 Å². The molecule has 82 valence electrons. The summed E-state index contributed by atoms with van der Waals surface area (Å²) in [7, 11) is 2.18. The highest BCUT2D eigenvalue weighted by Gasteiger charge is 2.22. The van der Waals surface area contributed by atoms with Gasteiger partial charge in [-0.3, -0.25) is 4.99 Å². The van der Waals surface area contributed by atoms with Gasteiger partial charge in [-0.15, -0.1) is 0 Å². The number of hydrogen-bond acceptors (Lipinski definition) is 2. The molecule has 2 N–H and O–H groups in total. The molecule has 0 radical (unpaired) electrons. The highest BCUT2D eigenvalue weighted by Crippen LogP contribution is 2.18. The second-order valence-corrected chi connectivity index (χ2v) is 4.38. The summed E-state index contributed by atoms with van der Waals surface area (Å²) in [6, 6.07) is 1.11. The Morgan fingerprint density at radius 3 is 2.86 bits per heavy atom. The highest BCUT2D eigenvalue weighted by atomic mass is 15.1. The van der Waals surface area contributed by atoms with Crippen molar-refractivity contribution in [1.82, 2.24) is 4.90 Å². The van der Waals surface area contributed by atoms with Crippen LogP contribution in [-0.2, 0) is 0 Å². The van der Waals surface area contributed by atoms with E-state index in [1.165, 1.54) is 0 Å². The fraction of sp³-hybridized carbons (Fsp3) is 0.909. The molecule has 1 aliphatic rings. The molecule has 0 amide bonds. The van der Waals surface area contributed by atoms with Gasteiger partial charge in [-0.2, -0.15) is 0 Å². The number of nitrogens with two attached hydrogens (primary N) is 1. The standard InChI is InChI=1S/C11H23N3/c1-4-5-11(12)13-10-6-7-14(3)9(2)8-10/h9-10H,4-8H2,1-3H3,(H2,12,13). The average molecular weight is 197 g/mol. The number of piperidine rings is 1. The number of aliphatic imine (C=N–C) groups is 1. The van der Waals surface area contributed by atoms with Crippen LogP contribution in [0.5, 0.6) is 0 Å². The monoisotopic (exact) mass is 197 g/mol. The lowest BCUT2D eigenvalue weighted by Gasteiger charge is -2.33. The molecule has 0 bridgehead atoms. The van der Waals surface area contributed by atoms with E-state index in [-0.39, 0.29) is 0 Å². The Labute approximate surface area is 87.4 Å². The van der Waals surface area contributed by atoms with Crippen LogP contribution in [0.25, 0.3) is 0 Å². The Morgan fingerprint density at radius 1 is 1.57 bits per heavy atom. The second-order valence-electron chi connectivity index (χ2n) is 4.38. The molecule has 3 heteroatoms. The summed E-state index contributed by atoms with van der Waals surface area (Å²) in [5.74, 6) is 0.842. The van der Waals surface area contributed by atoms with Crippen molar-refractivity contribution in [3.63, 3.8) is 0 Å². The molecule has 0 aromatic rings. The molecule has 0 spiro atoms. The zero-order chi connectivity index (χ0) is 10.6. The predicted octanol–water partition coefficient (Wildman–Crippen LogP) is 1.63. The molecular formula is C11H23N3. The van der Waals surface area contributed by atoms with Crippen molar-refractivity contribution in [1.29, 1.82) is 0 Å². The van der Waals surface area contributed by atoms with Gasteiger partial charge in [0.25, 0.3) is 0 Å². The number of amidine groups is 1. The van der Waals surface area contributed by atoms with Crippen molar-refractivity contribution in [2.45, 2.75) is 51.6 Å². The first-order valence-electron chi connectivity index (χ1n) is 5.65. The minimum absolute atomic E-state index is 0.466. The summed E-state index contributed by atoms with van der Waals surface area (Å²) < 4.78 is 0. The smallest absolute Gasteiger partial charge is 0.0940 e. The van der Waals surface area contributed by atoms with Gasteiger partial charge in [0.1, 0.15) is 0 Å². The fourth-order valence-corrected chi connectivity index (χ4v) is 1.94. The molecule has 0 saturated carbocycles. The van der Waals surface area contributed by atoms with Crippen LogP contribution in [0, 0.1) is 0 Å². The summed E-state index contributed by atoms with van der Waals surface area (Å²) in [5.41, 5.74) is 5.83. The molecule has 1 rings (SSSR count). The Kier molecular flexibility index (Phi) is 4.39. The summed E-state index contributed by atoms with van der Waals surface area (Å²) >= 11 is 0. The maximum absolute atomic E-state index is 5.83. The van der Waals surface area contributed by atoms with E-state index in [4.69, 9.17) is 5.73 Å². The number of nitrogens with zero attached hydrogens (tertiary/aromatic N) is 2. The van der Waals surface area contributed by atoms with Gasteiger partial charge < -0.3 is 10.6 Å². The third-order valence-corrected chi connectivity index (χ3v) is 3.04. The molecule has 14 heavy (non-hydrogen) atoms. The van der Waals surface area contributed by atoms with E-state index in [0.717, 1.165) is 38.1 Å². The molecule has 2 unspecified atom stereocenters. The SMILES string of the molecule is CCCC(N)=NC1CCN(C)C(C)C1. The topological polar surface area (TPSA) is 41.6 Å². The minimum atomic E-state index is 0.466. The van der Waals surface area contributed by atoms with Gasteiger partial charge in [0.2, 0.25) is 0 Å². The largest absolute Gasteiger partial charge is 0.387 e. The summed E-state index contributed by atoms with van der Waals surface area (Å²) in [4.78, 5) is 6.97. The van der Waals surface area contributed by atoms with Gasteiger partial charge in [-0.25, -0.2) is 0 Å². The number of rotatable bonds is 3. The summed E-state index contributed by atoms with van der Waals surface area (Å²) in [6.07, 6.45) is 4.35. The van der Waals surface area contributed by atoms with Crippen molar-refractivity contribution >= 4 is 5.84 Å². The number of likely N-dealkylation sites (tertiary alicyclic amines) is 1. The van der Waals surface area contributed by atoms with Crippen LogP contribution in [-0.4, -0.2) is 36.4 Å². The van der Waals surface area contributed by atoms with Crippen LogP contribution < -0.4 is 5.73 Å². The van der Waals surface area contributed by atoms with Crippen LogP contribution in [0.4, 0.5) is 0 Å².